The SMILES string of the molecule is CN=C(NCc1cccc(C(N)=O)c1)N(C)Cc1cccc(Cl)c1.I. The number of primary amides is 1. The summed E-state index contributed by atoms with van der Waals surface area (Å²) in [5, 5.41) is 3.99. The lowest BCUT2D eigenvalue weighted by molar-refractivity contribution is 0.1000. The van der Waals surface area contributed by atoms with Crippen molar-refractivity contribution in [3.8, 4) is 0 Å². The maximum absolute atomic E-state index is 11.2. The lowest BCUT2D eigenvalue weighted by atomic mass is 10.1. The van der Waals surface area contributed by atoms with Crippen molar-refractivity contribution in [2.75, 3.05) is 14.1 Å². The number of carbonyl (C=O) groups excluding carboxylic acids is 1. The first-order valence-electron chi connectivity index (χ1n) is 7.54. The number of aliphatic imine (C=N–C) groups is 1. The van der Waals surface area contributed by atoms with E-state index in [0.29, 0.717) is 23.7 Å². The largest absolute Gasteiger partial charge is 0.366 e. The van der Waals surface area contributed by atoms with E-state index in [2.05, 4.69) is 10.3 Å². The van der Waals surface area contributed by atoms with Crippen molar-refractivity contribution in [2.45, 2.75) is 13.1 Å². The molecule has 0 spiro atoms. The van der Waals surface area contributed by atoms with Crippen molar-refractivity contribution in [1.82, 2.24) is 10.2 Å². The highest BCUT2D eigenvalue weighted by Crippen LogP contribution is 2.12. The fourth-order valence-electron chi connectivity index (χ4n) is 2.38. The molecule has 0 unspecified atom stereocenters. The summed E-state index contributed by atoms with van der Waals surface area (Å²) < 4.78 is 0. The molecule has 0 saturated carbocycles. The van der Waals surface area contributed by atoms with Gasteiger partial charge in [0.1, 0.15) is 0 Å². The Morgan fingerprint density at radius 3 is 2.52 bits per heavy atom. The van der Waals surface area contributed by atoms with E-state index in [0.717, 1.165) is 17.1 Å². The topological polar surface area (TPSA) is 70.7 Å². The van der Waals surface area contributed by atoms with Gasteiger partial charge >= 0.3 is 0 Å². The van der Waals surface area contributed by atoms with Gasteiger partial charge in [-0.1, -0.05) is 35.9 Å². The van der Waals surface area contributed by atoms with Crippen LogP contribution in [0.5, 0.6) is 0 Å². The third kappa shape index (κ3) is 6.55. The molecule has 2 rings (SSSR count). The Morgan fingerprint density at radius 2 is 1.88 bits per heavy atom. The summed E-state index contributed by atoms with van der Waals surface area (Å²) in [5.74, 6) is 0.318. The molecule has 1 amide bonds. The van der Waals surface area contributed by atoms with Crippen LogP contribution in [0.4, 0.5) is 0 Å². The van der Waals surface area contributed by atoms with Crippen LogP contribution in [0.15, 0.2) is 53.5 Å². The minimum absolute atomic E-state index is 0. The summed E-state index contributed by atoms with van der Waals surface area (Å²) in [5.41, 5.74) is 7.87. The van der Waals surface area contributed by atoms with Crippen LogP contribution in [0.1, 0.15) is 21.5 Å². The first kappa shape index (κ1) is 21.2. The van der Waals surface area contributed by atoms with E-state index in [4.69, 9.17) is 17.3 Å². The van der Waals surface area contributed by atoms with Crippen LogP contribution in [0.3, 0.4) is 0 Å². The number of guanidine groups is 1. The van der Waals surface area contributed by atoms with Gasteiger partial charge in [0.15, 0.2) is 5.96 Å². The van der Waals surface area contributed by atoms with E-state index in [1.807, 2.05) is 48.3 Å². The summed E-state index contributed by atoms with van der Waals surface area (Å²) in [6.45, 7) is 1.23. The molecule has 5 nitrogen and oxygen atoms in total. The molecule has 0 aromatic heterocycles. The van der Waals surface area contributed by atoms with Crippen molar-refractivity contribution in [3.05, 3.63) is 70.2 Å². The fraction of sp³-hybridized carbons (Fsp3) is 0.222. The Hall–Kier alpha value is -1.80. The monoisotopic (exact) mass is 472 g/mol. The van der Waals surface area contributed by atoms with E-state index in [-0.39, 0.29) is 24.0 Å². The number of nitrogens with zero attached hydrogens (tertiary/aromatic N) is 2. The van der Waals surface area contributed by atoms with Crippen LogP contribution in [0.25, 0.3) is 0 Å². The lowest BCUT2D eigenvalue weighted by Gasteiger charge is -2.22. The van der Waals surface area contributed by atoms with Crippen LogP contribution < -0.4 is 11.1 Å². The van der Waals surface area contributed by atoms with Crippen molar-refractivity contribution in [1.29, 1.82) is 0 Å². The Morgan fingerprint density at radius 1 is 1.20 bits per heavy atom. The van der Waals surface area contributed by atoms with Gasteiger partial charge in [-0.15, -0.1) is 24.0 Å². The van der Waals surface area contributed by atoms with Crippen LogP contribution in [-0.2, 0) is 13.1 Å². The highest BCUT2D eigenvalue weighted by Gasteiger charge is 2.08. The summed E-state index contributed by atoms with van der Waals surface area (Å²) in [6, 6.07) is 15.0. The molecule has 25 heavy (non-hydrogen) atoms. The molecule has 0 heterocycles. The molecule has 2 aromatic rings. The number of halogens is 2. The standard InChI is InChI=1S/C18H21ClN4O.HI/c1-21-18(23(2)12-14-6-4-8-16(19)10-14)22-11-13-5-3-7-15(9-13)17(20)24;/h3-10H,11-12H2,1-2H3,(H2,20,24)(H,21,22);1H. The number of benzene rings is 2. The number of amides is 1. The molecule has 0 aliphatic heterocycles. The van der Waals surface area contributed by atoms with Crippen LogP contribution >= 0.6 is 35.6 Å². The minimum atomic E-state index is -0.431. The van der Waals surface area contributed by atoms with Crippen molar-refractivity contribution >= 4 is 47.4 Å². The highest BCUT2D eigenvalue weighted by atomic mass is 127. The molecule has 134 valence electrons. The highest BCUT2D eigenvalue weighted by molar-refractivity contribution is 14.0. The number of nitrogens with two attached hydrogens (primary N) is 1. The molecule has 0 radical (unpaired) electrons. The number of hydrogen-bond donors (Lipinski definition) is 2. The van der Waals surface area contributed by atoms with Gasteiger partial charge in [0.05, 0.1) is 0 Å². The molecule has 0 bridgehead atoms. The van der Waals surface area contributed by atoms with Crippen LogP contribution in [-0.4, -0.2) is 30.9 Å². The summed E-state index contributed by atoms with van der Waals surface area (Å²) in [4.78, 5) is 17.5. The van der Waals surface area contributed by atoms with E-state index >= 15 is 0 Å². The second-order valence-electron chi connectivity index (χ2n) is 5.45. The summed E-state index contributed by atoms with van der Waals surface area (Å²) in [6.07, 6.45) is 0. The molecule has 2 aromatic carbocycles. The van der Waals surface area contributed by atoms with Gasteiger partial charge in [-0.25, -0.2) is 0 Å². The van der Waals surface area contributed by atoms with Crippen molar-refractivity contribution in [3.63, 3.8) is 0 Å². The number of rotatable bonds is 5. The molecule has 0 fully saturated rings. The van der Waals surface area contributed by atoms with Gasteiger partial charge in [-0.3, -0.25) is 9.79 Å². The average Bonchev–Trinajstić information content (AvgIpc) is 2.55. The average molecular weight is 473 g/mol. The molecule has 3 N–H and O–H groups in total. The Balaban J connectivity index is 0.00000312. The van der Waals surface area contributed by atoms with Crippen LogP contribution in [0, 0.1) is 0 Å². The third-order valence-electron chi connectivity index (χ3n) is 3.54. The molecular weight excluding hydrogens is 451 g/mol. The molecule has 7 heteroatoms. The van der Waals surface area contributed by atoms with E-state index < -0.39 is 5.91 Å². The second-order valence-corrected chi connectivity index (χ2v) is 5.89. The number of carbonyl (C=O) groups is 1. The second kappa shape index (κ2) is 10.2. The van der Waals surface area contributed by atoms with Gasteiger partial charge in [0, 0.05) is 37.8 Å². The first-order chi connectivity index (χ1) is 11.5. The lowest BCUT2D eigenvalue weighted by Crippen LogP contribution is -2.38. The zero-order valence-corrected chi connectivity index (χ0v) is 17.3. The maximum Gasteiger partial charge on any atom is 0.248 e. The predicted octanol–water partition coefficient (Wildman–Crippen LogP) is 3.26. The normalized spacial score (nSPS) is 10.8. The van der Waals surface area contributed by atoms with Gasteiger partial charge < -0.3 is 16.0 Å². The van der Waals surface area contributed by atoms with Gasteiger partial charge in [0.25, 0.3) is 0 Å². The summed E-state index contributed by atoms with van der Waals surface area (Å²) in [7, 11) is 3.69. The quantitative estimate of drug-likeness (QED) is 0.399. The zero-order valence-electron chi connectivity index (χ0n) is 14.2. The number of hydrogen-bond acceptors (Lipinski definition) is 2. The Bertz CT molecular complexity index is 751. The van der Waals surface area contributed by atoms with E-state index in [1.54, 1.807) is 19.2 Å². The molecule has 0 atom stereocenters. The maximum atomic E-state index is 11.2. The smallest absolute Gasteiger partial charge is 0.248 e. The fourth-order valence-corrected chi connectivity index (χ4v) is 2.60. The Labute approximate surface area is 170 Å². The first-order valence-corrected chi connectivity index (χ1v) is 7.92. The minimum Gasteiger partial charge on any atom is -0.366 e. The van der Waals surface area contributed by atoms with E-state index in [1.165, 1.54) is 0 Å². The predicted molar refractivity (Wildman–Crippen MR) is 113 cm³/mol. The van der Waals surface area contributed by atoms with Crippen molar-refractivity contribution < 1.29 is 4.79 Å². The van der Waals surface area contributed by atoms with Gasteiger partial charge in [-0.2, -0.15) is 0 Å². The Kier molecular flexibility index (Phi) is 8.71. The van der Waals surface area contributed by atoms with Crippen molar-refractivity contribution in [2.24, 2.45) is 10.7 Å². The third-order valence-corrected chi connectivity index (χ3v) is 3.78. The molecule has 0 saturated heterocycles. The molecule has 0 aliphatic rings. The summed E-state index contributed by atoms with van der Waals surface area (Å²) >= 11 is 6.02. The number of nitrogens with one attached hydrogen (secondary N) is 1. The zero-order chi connectivity index (χ0) is 17.5. The van der Waals surface area contributed by atoms with Gasteiger partial charge in [-0.05, 0) is 35.4 Å². The van der Waals surface area contributed by atoms with Crippen LogP contribution in [0.2, 0.25) is 5.02 Å². The van der Waals surface area contributed by atoms with Gasteiger partial charge in [0.2, 0.25) is 5.91 Å². The molecule has 0 aliphatic carbocycles. The molecular formula is C18H22ClIN4O. The van der Waals surface area contributed by atoms with E-state index in [9.17, 15) is 4.79 Å².